The average molecular weight is 228 g/mol. The number of hydrogen-bond donors (Lipinski definition) is 1. The minimum atomic E-state index is -0.158. The van der Waals surface area contributed by atoms with Gasteiger partial charge in [-0.25, -0.2) is 0 Å². The van der Waals surface area contributed by atoms with E-state index in [0.29, 0.717) is 38.9 Å². The molecule has 0 aromatic heterocycles. The van der Waals surface area contributed by atoms with Crippen LogP contribution in [0.4, 0.5) is 0 Å². The second-order valence-corrected chi connectivity index (χ2v) is 4.07. The quantitative estimate of drug-likeness (QED) is 0.694. The molecule has 1 fully saturated rings. The highest BCUT2D eigenvalue weighted by atomic mass is 16.5. The summed E-state index contributed by atoms with van der Waals surface area (Å²) in [4.78, 5) is 24.7. The Bertz CT molecular complexity index is 248. The molecule has 0 aliphatic carbocycles. The minimum Gasteiger partial charge on any atom is -0.469 e. The van der Waals surface area contributed by atoms with Crippen molar-refractivity contribution in [2.45, 2.75) is 25.7 Å². The Morgan fingerprint density at radius 3 is 2.50 bits per heavy atom. The molecule has 1 heterocycles. The summed E-state index contributed by atoms with van der Waals surface area (Å²) in [6.07, 6.45) is 2.66. The summed E-state index contributed by atoms with van der Waals surface area (Å²) < 4.78 is 4.69. The molecule has 1 saturated heterocycles. The second kappa shape index (κ2) is 6.48. The molecule has 1 aliphatic heterocycles. The lowest BCUT2D eigenvalue weighted by atomic mass is 9.97. The molecule has 0 atom stereocenters. The van der Waals surface area contributed by atoms with Crippen molar-refractivity contribution >= 4 is 11.9 Å². The lowest BCUT2D eigenvalue weighted by Gasteiger charge is -2.30. The summed E-state index contributed by atoms with van der Waals surface area (Å²) in [7, 11) is 1.40. The largest absolute Gasteiger partial charge is 0.469 e. The molecule has 5 heteroatoms. The first-order valence-electron chi connectivity index (χ1n) is 5.74. The monoisotopic (exact) mass is 228 g/mol. The Kier molecular flexibility index (Phi) is 5.25. The maximum atomic E-state index is 11.7. The summed E-state index contributed by atoms with van der Waals surface area (Å²) >= 11 is 0. The van der Waals surface area contributed by atoms with Gasteiger partial charge in [0.15, 0.2) is 0 Å². The van der Waals surface area contributed by atoms with Gasteiger partial charge in [0.05, 0.1) is 13.0 Å². The summed E-state index contributed by atoms with van der Waals surface area (Å²) in [5, 5.41) is 0. The fraction of sp³-hybridized carbons (Fsp3) is 0.818. The topological polar surface area (TPSA) is 72.6 Å². The fourth-order valence-corrected chi connectivity index (χ4v) is 1.94. The zero-order valence-corrected chi connectivity index (χ0v) is 9.78. The standard InChI is InChI=1S/C11H20N2O3/c1-16-11(15)9-4-7-13(8-5-9)10(14)3-2-6-12/h9H,2-8,12H2,1H3. The third-order valence-electron chi connectivity index (χ3n) is 2.98. The molecule has 0 radical (unpaired) electrons. The molecule has 1 rings (SSSR count). The van der Waals surface area contributed by atoms with Crippen molar-refractivity contribution in [1.82, 2.24) is 4.90 Å². The molecule has 1 aliphatic rings. The second-order valence-electron chi connectivity index (χ2n) is 4.07. The van der Waals surface area contributed by atoms with E-state index in [1.165, 1.54) is 7.11 Å². The Balaban J connectivity index is 2.31. The molecule has 0 saturated carbocycles. The Morgan fingerprint density at radius 2 is 2.00 bits per heavy atom. The third-order valence-corrected chi connectivity index (χ3v) is 2.98. The van der Waals surface area contributed by atoms with Gasteiger partial charge in [-0.1, -0.05) is 0 Å². The van der Waals surface area contributed by atoms with E-state index in [4.69, 9.17) is 10.5 Å². The maximum Gasteiger partial charge on any atom is 0.308 e. The predicted octanol–water partition coefficient (Wildman–Crippen LogP) is 0.137. The van der Waals surface area contributed by atoms with Crippen molar-refractivity contribution in [1.29, 1.82) is 0 Å². The van der Waals surface area contributed by atoms with Crippen LogP contribution in [0.5, 0.6) is 0 Å². The fourth-order valence-electron chi connectivity index (χ4n) is 1.94. The Morgan fingerprint density at radius 1 is 1.38 bits per heavy atom. The van der Waals surface area contributed by atoms with Crippen molar-refractivity contribution < 1.29 is 14.3 Å². The van der Waals surface area contributed by atoms with Gasteiger partial charge in [-0.05, 0) is 25.8 Å². The van der Waals surface area contributed by atoms with Crippen molar-refractivity contribution in [3.8, 4) is 0 Å². The van der Waals surface area contributed by atoms with E-state index in [-0.39, 0.29) is 17.8 Å². The van der Waals surface area contributed by atoms with Crippen LogP contribution in [0, 0.1) is 5.92 Å². The number of piperidine rings is 1. The van der Waals surface area contributed by atoms with Crippen LogP contribution < -0.4 is 5.73 Å². The van der Waals surface area contributed by atoms with E-state index in [1.807, 2.05) is 4.90 Å². The number of hydrogen-bond acceptors (Lipinski definition) is 4. The van der Waals surface area contributed by atoms with Crippen molar-refractivity contribution in [3.63, 3.8) is 0 Å². The van der Waals surface area contributed by atoms with Crippen molar-refractivity contribution in [2.24, 2.45) is 11.7 Å². The predicted molar refractivity (Wildman–Crippen MR) is 59.6 cm³/mol. The van der Waals surface area contributed by atoms with Gasteiger partial charge in [0, 0.05) is 19.5 Å². The molecular weight excluding hydrogens is 208 g/mol. The third kappa shape index (κ3) is 3.48. The first-order chi connectivity index (χ1) is 7.69. The molecule has 0 spiro atoms. The SMILES string of the molecule is COC(=O)C1CCN(C(=O)CCCN)CC1. The minimum absolute atomic E-state index is 0.0384. The van der Waals surface area contributed by atoms with E-state index < -0.39 is 0 Å². The summed E-state index contributed by atoms with van der Waals surface area (Å²) in [5.41, 5.74) is 5.35. The molecule has 5 nitrogen and oxygen atoms in total. The van der Waals surface area contributed by atoms with E-state index >= 15 is 0 Å². The molecule has 0 unspecified atom stereocenters. The number of amides is 1. The van der Waals surface area contributed by atoms with Gasteiger partial charge in [0.1, 0.15) is 0 Å². The van der Waals surface area contributed by atoms with Gasteiger partial charge >= 0.3 is 5.97 Å². The number of methoxy groups -OCH3 is 1. The lowest BCUT2D eigenvalue weighted by molar-refractivity contribution is -0.148. The first-order valence-corrected chi connectivity index (χ1v) is 5.74. The maximum absolute atomic E-state index is 11.7. The van der Waals surface area contributed by atoms with Crippen LogP contribution in [0.15, 0.2) is 0 Å². The van der Waals surface area contributed by atoms with E-state index in [1.54, 1.807) is 0 Å². The highest BCUT2D eigenvalue weighted by molar-refractivity contribution is 5.77. The smallest absolute Gasteiger partial charge is 0.308 e. The number of likely N-dealkylation sites (tertiary alicyclic amines) is 1. The van der Waals surface area contributed by atoms with Crippen LogP contribution in [0.2, 0.25) is 0 Å². The first kappa shape index (κ1) is 13.0. The molecular formula is C11H20N2O3. The molecule has 0 bridgehead atoms. The Hall–Kier alpha value is -1.10. The molecule has 0 aromatic carbocycles. The highest BCUT2D eigenvalue weighted by Gasteiger charge is 2.27. The number of esters is 1. The number of carbonyl (C=O) groups is 2. The van der Waals surface area contributed by atoms with Crippen LogP contribution in [0.1, 0.15) is 25.7 Å². The number of nitrogens with two attached hydrogens (primary N) is 1. The van der Waals surface area contributed by atoms with Gasteiger partial charge in [-0.2, -0.15) is 0 Å². The number of carbonyl (C=O) groups excluding carboxylic acids is 2. The number of nitrogens with zero attached hydrogens (tertiary/aromatic N) is 1. The van der Waals surface area contributed by atoms with Gasteiger partial charge in [-0.15, -0.1) is 0 Å². The molecule has 2 N–H and O–H groups in total. The lowest BCUT2D eigenvalue weighted by Crippen LogP contribution is -2.40. The van der Waals surface area contributed by atoms with Crippen LogP contribution >= 0.6 is 0 Å². The average Bonchev–Trinajstić information content (AvgIpc) is 2.35. The molecule has 16 heavy (non-hydrogen) atoms. The normalized spacial score (nSPS) is 17.2. The van der Waals surface area contributed by atoms with Crippen LogP contribution in [0.3, 0.4) is 0 Å². The summed E-state index contributed by atoms with van der Waals surface area (Å²) in [5.74, 6) is -0.0496. The molecule has 92 valence electrons. The van der Waals surface area contributed by atoms with Gasteiger partial charge < -0.3 is 15.4 Å². The van der Waals surface area contributed by atoms with E-state index in [0.717, 1.165) is 6.42 Å². The number of ether oxygens (including phenoxy) is 1. The van der Waals surface area contributed by atoms with Crippen molar-refractivity contribution in [2.75, 3.05) is 26.7 Å². The Labute approximate surface area is 95.9 Å². The van der Waals surface area contributed by atoms with E-state index in [2.05, 4.69) is 0 Å². The van der Waals surface area contributed by atoms with Gasteiger partial charge in [-0.3, -0.25) is 9.59 Å². The zero-order valence-electron chi connectivity index (χ0n) is 9.78. The van der Waals surface area contributed by atoms with Gasteiger partial charge in [0.25, 0.3) is 0 Å². The molecule has 0 aromatic rings. The van der Waals surface area contributed by atoms with Crippen LogP contribution in [-0.2, 0) is 14.3 Å². The van der Waals surface area contributed by atoms with Crippen molar-refractivity contribution in [3.05, 3.63) is 0 Å². The zero-order chi connectivity index (χ0) is 12.0. The van der Waals surface area contributed by atoms with Crippen LogP contribution in [-0.4, -0.2) is 43.5 Å². The van der Waals surface area contributed by atoms with Crippen LogP contribution in [0.25, 0.3) is 0 Å². The molecule has 1 amide bonds. The highest BCUT2D eigenvalue weighted by Crippen LogP contribution is 2.19. The summed E-state index contributed by atoms with van der Waals surface area (Å²) in [6.45, 7) is 1.86. The number of rotatable bonds is 4. The van der Waals surface area contributed by atoms with Gasteiger partial charge in [0.2, 0.25) is 5.91 Å². The summed E-state index contributed by atoms with van der Waals surface area (Å²) in [6, 6.07) is 0. The van der Waals surface area contributed by atoms with E-state index in [9.17, 15) is 9.59 Å².